The Hall–Kier alpha value is -1.71. The Balaban J connectivity index is 2.32. The number of anilines is 1. The summed E-state index contributed by atoms with van der Waals surface area (Å²) in [6.07, 6.45) is 0. The number of nitriles is 1. The van der Waals surface area contributed by atoms with Gasteiger partial charge in [-0.25, -0.2) is 13.2 Å². The van der Waals surface area contributed by atoms with Crippen molar-refractivity contribution in [2.45, 2.75) is 6.04 Å². The summed E-state index contributed by atoms with van der Waals surface area (Å²) >= 11 is 9.07. The summed E-state index contributed by atoms with van der Waals surface area (Å²) < 4.78 is 40.0. The zero-order valence-electron chi connectivity index (χ0n) is 10.3. The minimum Gasteiger partial charge on any atom is -0.366 e. The molecule has 2 rings (SSSR count). The molecule has 0 heterocycles. The Morgan fingerprint density at radius 3 is 2.29 bits per heavy atom. The molecule has 0 fully saturated rings. The van der Waals surface area contributed by atoms with Gasteiger partial charge in [-0.15, -0.1) is 0 Å². The highest BCUT2D eigenvalue weighted by molar-refractivity contribution is 9.10. The van der Waals surface area contributed by atoms with Crippen LogP contribution in [0, 0.1) is 28.8 Å². The fourth-order valence-electron chi connectivity index (χ4n) is 1.68. The molecule has 1 unspecified atom stereocenters. The van der Waals surface area contributed by atoms with Gasteiger partial charge in [-0.3, -0.25) is 0 Å². The molecule has 0 aromatic heterocycles. The van der Waals surface area contributed by atoms with Crippen LogP contribution in [0.5, 0.6) is 0 Å². The molecule has 0 saturated heterocycles. The van der Waals surface area contributed by atoms with E-state index >= 15 is 0 Å². The van der Waals surface area contributed by atoms with Gasteiger partial charge in [0.2, 0.25) is 0 Å². The third-order valence-electron chi connectivity index (χ3n) is 2.70. The molecule has 21 heavy (non-hydrogen) atoms. The monoisotopic (exact) mass is 374 g/mol. The lowest BCUT2D eigenvalue weighted by Crippen LogP contribution is -2.10. The van der Waals surface area contributed by atoms with Crippen LogP contribution in [0.4, 0.5) is 18.9 Å². The van der Waals surface area contributed by atoms with Crippen LogP contribution in [0.2, 0.25) is 5.02 Å². The summed E-state index contributed by atoms with van der Waals surface area (Å²) in [5.41, 5.74) is 0.503. The van der Waals surface area contributed by atoms with E-state index in [1.807, 2.05) is 6.07 Å². The third-order valence-corrected chi connectivity index (χ3v) is 3.91. The Morgan fingerprint density at radius 2 is 1.76 bits per heavy atom. The van der Waals surface area contributed by atoms with Gasteiger partial charge in [-0.05, 0) is 51.8 Å². The molecule has 0 bridgehead atoms. The number of rotatable bonds is 3. The molecule has 0 aliphatic carbocycles. The summed E-state index contributed by atoms with van der Waals surface area (Å²) in [5.74, 6) is -4.25. The van der Waals surface area contributed by atoms with Crippen molar-refractivity contribution in [1.82, 2.24) is 0 Å². The van der Waals surface area contributed by atoms with Gasteiger partial charge in [0.15, 0.2) is 17.5 Å². The maximum Gasteiger partial charge on any atom is 0.194 e. The Labute approximate surface area is 132 Å². The predicted octanol–water partition coefficient (Wildman–Crippen LogP) is 5.20. The normalized spacial score (nSPS) is 11.8. The van der Waals surface area contributed by atoms with E-state index in [1.165, 1.54) is 0 Å². The van der Waals surface area contributed by atoms with Gasteiger partial charge in [0.25, 0.3) is 0 Å². The lowest BCUT2D eigenvalue weighted by molar-refractivity contribution is 0.445. The first-order valence-electron chi connectivity index (χ1n) is 5.68. The molecule has 0 radical (unpaired) electrons. The second-order valence-electron chi connectivity index (χ2n) is 4.13. The zero-order chi connectivity index (χ0) is 15.6. The standard InChI is InChI=1S/C14H7BrClF3N2/c15-9-5-8(1-2-10(9)16)21-13(6-20)7-3-11(17)14(19)12(18)4-7/h1-5,13,21H. The average molecular weight is 376 g/mol. The Morgan fingerprint density at radius 1 is 1.14 bits per heavy atom. The molecule has 2 aromatic rings. The largest absolute Gasteiger partial charge is 0.366 e. The van der Waals surface area contributed by atoms with E-state index in [4.69, 9.17) is 16.9 Å². The van der Waals surface area contributed by atoms with Crippen molar-refractivity contribution in [2.24, 2.45) is 0 Å². The van der Waals surface area contributed by atoms with Gasteiger partial charge in [0.05, 0.1) is 11.1 Å². The highest BCUT2D eigenvalue weighted by atomic mass is 79.9. The average Bonchev–Trinajstić information content (AvgIpc) is 2.45. The van der Waals surface area contributed by atoms with Gasteiger partial charge < -0.3 is 5.32 Å². The predicted molar refractivity (Wildman–Crippen MR) is 77.4 cm³/mol. The second-order valence-corrected chi connectivity index (χ2v) is 5.40. The molecule has 0 aliphatic rings. The first-order valence-corrected chi connectivity index (χ1v) is 6.85. The Bertz CT molecular complexity index is 708. The first-order chi connectivity index (χ1) is 9.92. The SMILES string of the molecule is N#CC(Nc1ccc(Cl)c(Br)c1)c1cc(F)c(F)c(F)c1. The van der Waals surface area contributed by atoms with E-state index in [0.29, 0.717) is 15.2 Å². The van der Waals surface area contributed by atoms with Crippen molar-refractivity contribution < 1.29 is 13.2 Å². The molecule has 1 N–H and O–H groups in total. The molecular weight excluding hydrogens is 369 g/mol. The van der Waals surface area contributed by atoms with Crippen molar-refractivity contribution in [3.63, 3.8) is 0 Å². The van der Waals surface area contributed by atoms with Crippen LogP contribution in [-0.2, 0) is 0 Å². The fourth-order valence-corrected chi connectivity index (χ4v) is 2.18. The third kappa shape index (κ3) is 3.49. The fraction of sp³-hybridized carbons (Fsp3) is 0.0714. The summed E-state index contributed by atoms with van der Waals surface area (Å²) in [4.78, 5) is 0. The maximum atomic E-state index is 13.2. The van der Waals surface area contributed by atoms with Crippen molar-refractivity contribution in [2.75, 3.05) is 5.32 Å². The number of nitrogens with zero attached hydrogens (tertiary/aromatic N) is 1. The molecule has 108 valence electrons. The Kier molecular flexibility index (Phi) is 4.76. The van der Waals surface area contributed by atoms with Gasteiger partial charge in [-0.1, -0.05) is 11.6 Å². The number of hydrogen-bond donors (Lipinski definition) is 1. The van der Waals surface area contributed by atoms with E-state index in [9.17, 15) is 13.2 Å². The van der Waals surface area contributed by atoms with Crippen LogP contribution in [0.3, 0.4) is 0 Å². The molecule has 2 nitrogen and oxygen atoms in total. The molecule has 1 atom stereocenters. The second kappa shape index (κ2) is 6.37. The summed E-state index contributed by atoms with van der Waals surface area (Å²) in [5, 5.41) is 12.4. The van der Waals surface area contributed by atoms with Crippen molar-refractivity contribution in [3.8, 4) is 6.07 Å². The quantitative estimate of drug-likeness (QED) is 0.749. The summed E-state index contributed by atoms with van der Waals surface area (Å²) in [6.45, 7) is 0. The van der Waals surface area contributed by atoms with Crippen molar-refractivity contribution in [3.05, 3.63) is 62.8 Å². The smallest absolute Gasteiger partial charge is 0.194 e. The highest BCUT2D eigenvalue weighted by Crippen LogP contribution is 2.28. The van der Waals surface area contributed by atoms with Crippen LogP contribution >= 0.6 is 27.5 Å². The van der Waals surface area contributed by atoms with Crippen molar-refractivity contribution in [1.29, 1.82) is 5.26 Å². The minimum atomic E-state index is -1.57. The van der Waals surface area contributed by atoms with Crippen LogP contribution in [0.15, 0.2) is 34.8 Å². The molecule has 0 spiro atoms. The lowest BCUT2D eigenvalue weighted by atomic mass is 10.1. The summed E-state index contributed by atoms with van der Waals surface area (Å²) in [6, 6.07) is 7.19. The number of hydrogen-bond acceptors (Lipinski definition) is 2. The number of nitrogens with one attached hydrogen (secondary N) is 1. The zero-order valence-corrected chi connectivity index (χ0v) is 12.6. The van der Waals surface area contributed by atoms with Crippen LogP contribution in [-0.4, -0.2) is 0 Å². The van der Waals surface area contributed by atoms with Gasteiger partial charge in [0.1, 0.15) is 6.04 Å². The van der Waals surface area contributed by atoms with E-state index in [2.05, 4.69) is 21.2 Å². The van der Waals surface area contributed by atoms with Crippen LogP contribution in [0.1, 0.15) is 11.6 Å². The molecule has 0 aliphatic heterocycles. The number of benzene rings is 2. The number of halogens is 5. The molecule has 7 heteroatoms. The van der Waals surface area contributed by atoms with E-state index < -0.39 is 23.5 Å². The molecular formula is C14H7BrClF3N2. The lowest BCUT2D eigenvalue weighted by Gasteiger charge is -2.14. The van der Waals surface area contributed by atoms with Crippen LogP contribution in [0.25, 0.3) is 0 Å². The minimum absolute atomic E-state index is 0.0139. The van der Waals surface area contributed by atoms with Gasteiger partial charge >= 0.3 is 0 Å². The van der Waals surface area contributed by atoms with E-state index in [1.54, 1.807) is 18.2 Å². The molecule has 2 aromatic carbocycles. The maximum absolute atomic E-state index is 13.2. The first kappa shape index (κ1) is 15.7. The van der Waals surface area contributed by atoms with Crippen LogP contribution < -0.4 is 5.32 Å². The van der Waals surface area contributed by atoms with E-state index in [0.717, 1.165) is 12.1 Å². The van der Waals surface area contributed by atoms with E-state index in [-0.39, 0.29) is 5.56 Å². The molecule has 0 saturated carbocycles. The summed E-state index contributed by atoms with van der Waals surface area (Å²) in [7, 11) is 0. The van der Waals surface area contributed by atoms with Gasteiger partial charge in [-0.2, -0.15) is 5.26 Å². The van der Waals surface area contributed by atoms with Crippen molar-refractivity contribution >= 4 is 33.2 Å². The highest BCUT2D eigenvalue weighted by Gasteiger charge is 2.17. The van der Waals surface area contributed by atoms with Gasteiger partial charge in [0, 0.05) is 10.2 Å². The topological polar surface area (TPSA) is 35.8 Å². The molecule has 0 amide bonds.